The molecule has 0 bridgehead atoms. The molecule has 32 heavy (non-hydrogen) atoms. The molecule has 3 N–H and O–H groups in total. The molecular formula is C24H28FN3O3S. The van der Waals surface area contributed by atoms with E-state index < -0.39 is 12.3 Å². The van der Waals surface area contributed by atoms with Crippen LogP contribution in [-0.4, -0.2) is 50.0 Å². The van der Waals surface area contributed by atoms with Gasteiger partial charge >= 0.3 is 0 Å². The maximum absolute atomic E-state index is 13.4. The Bertz CT molecular complexity index is 980. The topological polar surface area (TPSA) is 87.4 Å². The van der Waals surface area contributed by atoms with Crippen LogP contribution in [0.2, 0.25) is 0 Å². The number of nitrogens with zero attached hydrogens (tertiary/aromatic N) is 2. The van der Waals surface area contributed by atoms with E-state index in [1.54, 1.807) is 42.5 Å². The van der Waals surface area contributed by atoms with Gasteiger partial charge in [-0.2, -0.15) is 11.8 Å². The van der Waals surface area contributed by atoms with Gasteiger partial charge in [0.15, 0.2) is 6.29 Å². The van der Waals surface area contributed by atoms with E-state index in [1.165, 1.54) is 12.1 Å². The number of amides is 1. The van der Waals surface area contributed by atoms with Gasteiger partial charge in [0.25, 0.3) is 5.91 Å². The molecule has 3 aromatic rings. The molecule has 0 fully saturated rings. The quantitative estimate of drug-likeness (QED) is 0.385. The van der Waals surface area contributed by atoms with E-state index in [1.807, 2.05) is 35.2 Å². The Morgan fingerprint density at radius 3 is 2.66 bits per heavy atom. The Morgan fingerprint density at radius 1 is 1.22 bits per heavy atom. The summed E-state index contributed by atoms with van der Waals surface area (Å²) < 4.78 is 15.4. The van der Waals surface area contributed by atoms with Crippen molar-refractivity contribution in [1.82, 2.24) is 14.9 Å². The first-order chi connectivity index (χ1) is 15.5. The minimum atomic E-state index is -1.62. The third-order valence-electron chi connectivity index (χ3n) is 5.31. The van der Waals surface area contributed by atoms with Crippen LogP contribution in [0.15, 0.2) is 67.3 Å². The first-order valence-electron chi connectivity index (χ1n) is 10.4. The number of aliphatic hydroxyl groups excluding tert-OH is 1. The van der Waals surface area contributed by atoms with E-state index >= 15 is 0 Å². The van der Waals surface area contributed by atoms with Crippen LogP contribution in [0.1, 0.15) is 33.8 Å². The molecule has 8 heteroatoms. The zero-order chi connectivity index (χ0) is 22.9. The summed E-state index contributed by atoms with van der Waals surface area (Å²) in [5.41, 5.74) is 2.41. The number of carbonyl (C=O) groups is 1. The Hall–Kier alpha value is -2.68. The molecule has 0 aliphatic rings. The first kappa shape index (κ1) is 24.0. The van der Waals surface area contributed by atoms with Gasteiger partial charge in [-0.3, -0.25) is 4.79 Å². The van der Waals surface area contributed by atoms with E-state index in [2.05, 4.69) is 10.3 Å². The van der Waals surface area contributed by atoms with Crippen molar-refractivity contribution in [3.05, 3.63) is 89.8 Å². The molecule has 1 unspecified atom stereocenters. The molecule has 0 aliphatic carbocycles. The molecule has 0 radical (unpaired) electrons. The van der Waals surface area contributed by atoms with Crippen LogP contribution in [0.25, 0.3) is 0 Å². The number of aromatic nitrogens is 2. The summed E-state index contributed by atoms with van der Waals surface area (Å²) in [5, 5.41) is 21.9. The van der Waals surface area contributed by atoms with Crippen molar-refractivity contribution in [3.8, 4) is 0 Å². The van der Waals surface area contributed by atoms with Crippen LogP contribution in [0.3, 0.4) is 0 Å². The van der Waals surface area contributed by atoms with E-state index in [0.29, 0.717) is 30.7 Å². The summed E-state index contributed by atoms with van der Waals surface area (Å²) in [7, 11) is 0. The fourth-order valence-electron chi connectivity index (χ4n) is 3.59. The summed E-state index contributed by atoms with van der Waals surface area (Å²) in [6.45, 7) is 0.662. The number of halogens is 1. The van der Waals surface area contributed by atoms with Crippen molar-refractivity contribution < 1.29 is 19.4 Å². The second-order valence-electron chi connectivity index (χ2n) is 7.69. The molecule has 1 heterocycles. The normalized spacial score (nSPS) is 13.2. The van der Waals surface area contributed by atoms with E-state index in [-0.39, 0.29) is 17.6 Å². The fourth-order valence-corrected chi connectivity index (χ4v) is 4.08. The molecule has 0 spiro atoms. The summed E-state index contributed by atoms with van der Waals surface area (Å²) >= 11 is 1.58. The number of nitrogens with one attached hydrogen (secondary N) is 1. The second-order valence-corrected chi connectivity index (χ2v) is 8.67. The Kier molecular flexibility index (Phi) is 8.84. The SMILES string of the molecule is CSCC[C@H](NC(=O)c1cccc(CC(Cn2ccnc2)c2ccc(F)cc2)c1)C(O)O. The van der Waals surface area contributed by atoms with Crippen LogP contribution < -0.4 is 5.32 Å². The van der Waals surface area contributed by atoms with Gasteiger partial charge in [0.05, 0.1) is 12.4 Å². The summed E-state index contributed by atoms with van der Waals surface area (Å²) in [6, 6.07) is 13.0. The van der Waals surface area contributed by atoms with Gasteiger partial charge in [0.2, 0.25) is 0 Å². The highest BCUT2D eigenvalue weighted by molar-refractivity contribution is 7.98. The predicted molar refractivity (Wildman–Crippen MR) is 124 cm³/mol. The van der Waals surface area contributed by atoms with Crippen LogP contribution in [-0.2, 0) is 13.0 Å². The fraction of sp³-hybridized carbons (Fsp3) is 0.333. The Labute approximate surface area is 191 Å². The van der Waals surface area contributed by atoms with E-state index in [4.69, 9.17) is 0 Å². The smallest absolute Gasteiger partial charge is 0.251 e. The van der Waals surface area contributed by atoms with Crippen molar-refractivity contribution in [2.45, 2.75) is 37.6 Å². The lowest BCUT2D eigenvalue weighted by Gasteiger charge is -2.21. The third kappa shape index (κ3) is 6.91. The first-order valence-corrected chi connectivity index (χ1v) is 11.8. The van der Waals surface area contributed by atoms with Gasteiger partial charge in [-0.25, -0.2) is 9.37 Å². The standard InChI is InChI=1S/C24H28FN3O3S/c1-32-12-9-22(24(30)31)27-23(29)19-4-2-3-17(13-19)14-20(15-28-11-10-26-16-28)18-5-7-21(25)8-6-18/h2-8,10-11,13,16,20,22,24,30-31H,9,12,14-15H2,1H3,(H,27,29)/t20?,22-/m0/s1. The van der Waals surface area contributed by atoms with Gasteiger partial charge in [0, 0.05) is 30.4 Å². The maximum Gasteiger partial charge on any atom is 0.251 e. The van der Waals surface area contributed by atoms with Gasteiger partial charge in [-0.05, 0) is 60.2 Å². The Balaban J connectivity index is 1.76. The minimum absolute atomic E-state index is 0.0525. The van der Waals surface area contributed by atoms with Crippen LogP contribution in [0, 0.1) is 5.82 Å². The lowest BCUT2D eigenvalue weighted by molar-refractivity contribution is -0.0653. The average molecular weight is 458 g/mol. The lowest BCUT2D eigenvalue weighted by atomic mass is 9.91. The van der Waals surface area contributed by atoms with Crippen molar-refractivity contribution >= 4 is 17.7 Å². The number of hydrogen-bond acceptors (Lipinski definition) is 5. The largest absolute Gasteiger partial charge is 0.366 e. The van der Waals surface area contributed by atoms with Crippen LogP contribution in [0.5, 0.6) is 0 Å². The molecule has 0 saturated heterocycles. The molecule has 2 aromatic carbocycles. The highest BCUT2D eigenvalue weighted by Gasteiger charge is 2.20. The minimum Gasteiger partial charge on any atom is -0.366 e. The summed E-state index contributed by atoms with van der Waals surface area (Å²) in [5.74, 6) is 0.127. The number of rotatable bonds is 11. The summed E-state index contributed by atoms with van der Waals surface area (Å²) in [6.07, 6.45) is 6.76. The van der Waals surface area contributed by atoms with E-state index in [0.717, 1.165) is 11.1 Å². The molecule has 1 amide bonds. The van der Waals surface area contributed by atoms with Crippen molar-refractivity contribution in [2.75, 3.05) is 12.0 Å². The number of hydrogen-bond donors (Lipinski definition) is 3. The van der Waals surface area contributed by atoms with Crippen molar-refractivity contribution in [1.29, 1.82) is 0 Å². The lowest BCUT2D eigenvalue weighted by Crippen LogP contribution is -2.43. The molecule has 2 atom stereocenters. The van der Waals surface area contributed by atoms with E-state index in [9.17, 15) is 19.4 Å². The number of benzene rings is 2. The maximum atomic E-state index is 13.4. The monoisotopic (exact) mass is 457 g/mol. The van der Waals surface area contributed by atoms with Gasteiger partial charge < -0.3 is 20.1 Å². The number of thioether (sulfide) groups is 1. The van der Waals surface area contributed by atoms with Gasteiger partial charge in [-0.1, -0.05) is 24.3 Å². The predicted octanol–water partition coefficient (Wildman–Crippen LogP) is 3.21. The molecule has 170 valence electrons. The van der Waals surface area contributed by atoms with Crippen molar-refractivity contribution in [3.63, 3.8) is 0 Å². The zero-order valence-electron chi connectivity index (χ0n) is 17.9. The number of carbonyl (C=O) groups excluding carboxylic acids is 1. The molecule has 1 aromatic heterocycles. The van der Waals surface area contributed by atoms with Gasteiger partial charge in [0.1, 0.15) is 5.82 Å². The highest BCUT2D eigenvalue weighted by atomic mass is 32.2. The molecule has 6 nitrogen and oxygen atoms in total. The zero-order valence-corrected chi connectivity index (χ0v) is 18.7. The Morgan fingerprint density at radius 2 is 2.00 bits per heavy atom. The number of imidazole rings is 1. The van der Waals surface area contributed by atoms with Crippen molar-refractivity contribution in [2.24, 2.45) is 0 Å². The molecule has 0 saturated carbocycles. The van der Waals surface area contributed by atoms with Gasteiger partial charge in [-0.15, -0.1) is 0 Å². The number of aliphatic hydroxyl groups is 2. The van der Waals surface area contributed by atoms with Crippen LogP contribution in [0.4, 0.5) is 4.39 Å². The summed E-state index contributed by atoms with van der Waals surface area (Å²) in [4.78, 5) is 16.8. The highest BCUT2D eigenvalue weighted by Crippen LogP contribution is 2.24. The third-order valence-corrected chi connectivity index (χ3v) is 5.96. The average Bonchev–Trinajstić information content (AvgIpc) is 3.30. The second kappa shape index (κ2) is 11.8. The molecule has 0 aliphatic heterocycles. The van der Waals surface area contributed by atoms with Crippen LogP contribution >= 0.6 is 11.8 Å². The molecular weight excluding hydrogens is 429 g/mol. The molecule has 3 rings (SSSR count).